The minimum absolute atomic E-state index is 0.371. The molecule has 2 heterocycles. The van der Waals surface area contributed by atoms with Crippen LogP contribution in [0.15, 0.2) is 115 Å². The summed E-state index contributed by atoms with van der Waals surface area (Å²) in [6, 6.07) is 41.6. The Kier molecular flexibility index (Phi) is 5.97. The van der Waals surface area contributed by atoms with E-state index >= 15 is 0 Å². The standard InChI is InChI=1S/C36H31BO2S/c1-35(2)36(3,4)39-37(38-35)32-17-11-16-30-31-23-26(18-19-33(31)40-34(30)32)29-21-27(24-12-7-5-8-13-24)20-28(22-29)25-14-9-6-10-15-25/h5-23H,1-4H3. The minimum Gasteiger partial charge on any atom is -0.399 e. The van der Waals surface area contributed by atoms with Crippen molar-refractivity contribution in [1.82, 2.24) is 0 Å². The molecule has 0 amide bonds. The van der Waals surface area contributed by atoms with E-state index in [1.807, 2.05) is 11.3 Å². The van der Waals surface area contributed by atoms with E-state index in [9.17, 15) is 0 Å². The Balaban J connectivity index is 1.37. The van der Waals surface area contributed by atoms with Crippen molar-refractivity contribution in [2.45, 2.75) is 38.9 Å². The second-order valence-corrected chi connectivity index (χ2v) is 12.7. The molecule has 0 aliphatic carbocycles. The van der Waals surface area contributed by atoms with Gasteiger partial charge in [-0.3, -0.25) is 0 Å². The van der Waals surface area contributed by atoms with Gasteiger partial charge in [-0.2, -0.15) is 0 Å². The van der Waals surface area contributed by atoms with Crippen LogP contribution >= 0.6 is 11.3 Å². The average molecular weight is 539 g/mol. The van der Waals surface area contributed by atoms with E-state index < -0.39 is 0 Å². The quantitative estimate of drug-likeness (QED) is 0.208. The Morgan fingerprint density at radius 2 is 1.05 bits per heavy atom. The maximum atomic E-state index is 6.44. The Morgan fingerprint density at radius 3 is 1.62 bits per heavy atom. The zero-order valence-electron chi connectivity index (χ0n) is 23.3. The summed E-state index contributed by atoms with van der Waals surface area (Å²) < 4.78 is 15.4. The average Bonchev–Trinajstić information content (AvgIpc) is 3.45. The van der Waals surface area contributed by atoms with Gasteiger partial charge in [0.05, 0.1) is 11.2 Å². The maximum absolute atomic E-state index is 6.44. The van der Waals surface area contributed by atoms with Crippen molar-refractivity contribution >= 4 is 44.1 Å². The molecule has 0 atom stereocenters. The van der Waals surface area contributed by atoms with Crippen LogP contribution in [0.25, 0.3) is 53.6 Å². The molecule has 0 spiro atoms. The van der Waals surface area contributed by atoms with E-state index in [4.69, 9.17) is 9.31 Å². The molecule has 1 aliphatic rings. The molecular weight excluding hydrogens is 507 g/mol. The molecule has 1 fully saturated rings. The van der Waals surface area contributed by atoms with Crippen molar-refractivity contribution in [3.63, 3.8) is 0 Å². The first-order valence-corrected chi connectivity index (χ1v) is 14.7. The highest BCUT2D eigenvalue weighted by atomic mass is 32.1. The maximum Gasteiger partial charge on any atom is 0.496 e. The molecule has 1 aromatic heterocycles. The highest BCUT2D eigenvalue weighted by Crippen LogP contribution is 2.41. The molecule has 7 rings (SSSR count). The van der Waals surface area contributed by atoms with Crippen LogP contribution in [0.4, 0.5) is 0 Å². The minimum atomic E-state index is -0.378. The first-order chi connectivity index (χ1) is 19.3. The Bertz CT molecular complexity index is 1780. The van der Waals surface area contributed by atoms with Gasteiger partial charge in [0.15, 0.2) is 0 Å². The summed E-state index contributed by atoms with van der Waals surface area (Å²) in [4.78, 5) is 0. The molecule has 0 saturated carbocycles. The van der Waals surface area contributed by atoms with Crippen molar-refractivity contribution in [2.75, 3.05) is 0 Å². The summed E-state index contributed by atoms with van der Waals surface area (Å²) in [5.41, 5.74) is 7.66. The summed E-state index contributed by atoms with van der Waals surface area (Å²) in [6.07, 6.45) is 0. The Hall–Kier alpha value is -3.70. The number of hydrogen-bond acceptors (Lipinski definition) is 3. The molecule has 0 unspecified atom stereocenters. The van der Waals surface area contributed by atoms with Gasteiger partial charge in [0, 0.05) is 20.2 Å². The molecule has 196 valence electrons. The Morgan fingerprint density at radius 1 is 0.500 bits per heavy atom. The molecule has 1 saturated heterocycles. The second-order valence-electron chi connectivity index (χ2n) is 11.7. The smallest absolute Gasteiger partial charge is 0.399 e. The fourth-order valence-electron chi connectivity index (χ4n) is 5.54. The summed E-state index contributed by atoms with van der Waals surface area (Å²) in [5.74, 6) is 0. The van der Waals surface area contributed by atoms with Gasteiger partial charge >= 0.3 is 7.12 Å². The largest absolute Gasteiger partial charge is 0.496 e. The first kappa shape index (κ1) is 25.3. The molecular formula is C36H31BO2S. The van der Waals surface area contributed by atoms with Gasteiger partial charge < -0.3 is 9.31 Å². The molecule has 6 aromatic rings. The lowest BCUT2D eigenvalue weighted by molar-refractivity contribution is 0.00578. The van der Waals surface area contributed by atoms with Crippen molar-refractivity contribution in [2.24, 2.45) is 0 Å². The molecule has 0 bridgehead atoms. The van der Waals surface area contributed by atoms with E-state index in [1.54, 1.807) is 0 Å². The van der Waals surface area contributed by atoms with E-state index in [0.29, 0.717) is 0 Å². The first-order valence-electron chi connectivity index (χ1n) is 13.9. The normalized spacial score (nSPS) is 16.1. The second kappa shape index (κ2) is 9.45. The van der Waals surface area contributed by atoms with Crippen LogP contribution in [0.2, 0.25) is 0 Å². The van der Waals surface area contributed by atoms with Gasteiger partial charge in [0.1, 0.15) is 0 Å². The lowest BCUT2D eigenvalue weighted by Crippen LogP contribution is -2.41. The van der Waals surface area contributed by atoms with Crippen molar-refractivity contribution in [3.8, 4) is 33.4 Å². The molecule has 2 nitrogen and oxygen atoms in total. The van der Waals surface area contributed by atoms with Crippen molar-refractivity contribution in [3.05, 3.63) is 115 Å². The van der Waals surface area contributed by atoms with E-state index in [1.165, 1.54) is 53.6 Å². The van der Waals surface area contributed by atoms with Crippen LogP contribution in [0.1, 0.15) is 27.7 Å². The highest BCUT2D eigenvalue weighted by molar-refractivity contribution is 7.27. The third kappa shape index (κ3) is 4.28. The number of hydrogen-bond donors (Lipinski definition) is 0. The lowest BCUT2D eigenvalue weighted by Gasteiger charge is -2.32. The zero-order valence-corrected chi connectivity index (χ0v) is 24.1. The fraction of sp³-hybridized carbons (Fsp3) is 0.167. The van der Waals surface area contributed by atoms with E-state index in [2.05, 4.69) is 143 Å². The van der Waals surface area contributed by atoms with Gasteiger partial charge in [0.2, 0.25) is 0 Å². The van der Waals surface area contributed by atoms with Gasteiger partial charge in [-0.15, -0.1) is 11.3 Å². The number of thiophene rings is 1. The number of rotatable bonds is 4. The SMILES string of the molecule is CC1(C)OB(c2cccc3c2sc2ccc(-c4cc(-c5ccccc5)cc(-c5ccccc5)c4)cc23)OC1(C)C. The predicted octanol–water partition coefficient (Wildman–Crippen LogP) is 9.35. The molecule has 0 N–H and O–H groups in total. The van der Waals surface area contributed by atoms with Crippen LogP contribution < -0.4 is 5.46 Å². The lowest BCUT2D eigenvalue weighted by atomic mass is 9.78. The van der Waals surface area contributed by atoms with Gasteiger partial charge in [-0.1, -0.05) is 84.9 Å². The number of fused-ring (bicyclic) bond motifs is 3. The van der Waals surface area contributed by atoms with Crippen molar-refractivity contribution in [1.29, 1.82) is 0 Å². The molecule has 4 heteroatoms. The third-order valence-electron chi connectivity index (χ3n) is 8.52. The van der Waals surface area contributed by atoms with Crippen LogP contribution in [-0.2, 0) is 9.31 Å². The molecule has 5 aromatic carbocycles. The van der Waals surface area contributed by atoms with Crippen LogP contribution in [0, 0.1) is 0 Å². The summed E-state index contributed by atoms with van der Waals surface area (Å²) in [7, 11) is -0.378. The van der Waals surface area contributed by atoms with Gasteiger partial charge in [0.25, 0.3) is 0 Å². The van der Waals surface area contributed by atoms with E-state index in [0.717, 1.165) is 5.46 Å². The fourth-order valence-corrected chi connectivity index (χ4v) is 6.75. The summed E-state index contributed by atoms with van der Waals surface area (Å²) in [5, 5.41) is 2.51. The van der Waals surface area contributed by atoms with Crippen LogP contribution in [-0.4, -0.2) is 18.3 Å². The van der Waals surface area contributed by atoms with Crippen molar-refractivity contribution < 1.29 is 9.31 Å². The van der Waals surface area contributed by atoms with Gasteiger partial charge in [-0.05, 0) is 96.8 Å². The topological polar surface area (TPSA) is 18.5 Å². The zero-order chi connectivity index (χ0) is 27.5. The predicted molar refractivity (Wildman–Crippen MR) is 171 cm³/mol. The van der Waals surface area contributed by atoms with Crippen LogP contribution in [0.5, 0.6) is 0 Å². The highest BCUT2D eigenvalue weighted by Gasteiger charge is 2.52. The molecule has 0 radical (unpaired) electrons. The molecule has 40 heavy (non-hydrogen) atoms. The third-order valence-corrected chi connectivity index (χ3v) is 9.75. The van der Waals surface area contributed by atoms with E-state index in [-0.39, 0.29) is 18.3 Å². The Labute approximate surface area is 240 Å². The van der Waals surface area contributed by atoms with Crippen LogP contribution in [0.3, 0.4) is 0 Å². The number of benzene rings is 5. The summed E-state index contributed by atoms with van der Waals surface area (Å²) in [6.45, 7) is 8.43. The monoisotopic (exact) mass is 538 g/mol. The summed E-state index contributed by atoms with van der Waals surface area (Å²) >= 11 is 1.82. The molecule has 1 aliphatic heterocycles. The van der Waals surface area contributed by atoms with Gasteiger partial charge in [-0.25, -0.2) is 0 Å².